The Labute approximate surface area is 247 Å². The molecule has 1 aliphatic rings. The Bertz CT molecular complexity index is 1380. The molecule has 0 aliphatic heterocycles. The second kappa shape index (κ2) is 12.4. The molecule has 4 rings (SSSR count). The van der Waals surface area contributed by atoms with E-state index in [0.29, 0.717) is 47.8 Å². The van der Waals surface area contributed by atoms with Gasteiger partial charge in [-0.05, 0) is 45.2 Å². The molecule has 1 aliphatic carbocycles. The molecule has 0 saturated heterocycles. The van der Waals surface area contributed by atoms with Crippen molar-refractivity contribution in [3.8, 4) is 11.5 Å². The Morgan fingerprint density at radius 2 is 1.98 bits per heavy atom. The standard InChI is InChI=1S/C29H45F2N7O3Si/c1-19(2)11-25-35-23-16-32-22(26-36-33-17-37(26)18-40-9-10-42(6,7)8)13-24(23)38(25)21-12-20(14-29(30,31)15-21)34-27(39)41-28(3,4)5/h13,16-17,19-21H,9-12,14-15,18H2,1-8H3,(H,34,39). The van der Waals surface area contributed by atoms with Crippen LogP contribution in [-0.2, 0) is 22.6 Å². The van der Waals surface area contributed by atoms with Crippen LogP contribution in [0.4, 0.5) is 13.6 Å². The molecule has 1 amide bonds. The number of hydrogen-bond acceptors (Lipinski definition) is 7. The summed E-state index contributed by atoms with van der Waals surface area (Å²) in [6, 6.07) is 1.54. The number of halogens is 2. The van der Waals surface area contributed by atoms with Crippen LogP contribution in [0.5, 0.6) is 0 Å². The first-order valence-corrected chi connectivity index (χ1v) is 18.4. The molecule has 13 heteroatoms. The van der Waals surface area contributed by atoms with Crippen molar-refractivity contribution in [1.29, 1.82) is 0 Å². The summed E-state index contributed by atoms with van der Waals surface area (Å²) in [6.07, 6.45) is 2.71. The van der Waals surface area contributed by atoms with Gasteiger partial charge in [0.15, 0.2) is 5.82 Å². The van der Waals surface area contributed by atoms with E-state index in [1.165, 1.54) is 0 Å². The molecule has 42 heavy (non-hydrogen) atoms. The molecule has 0 aromatic carbocycles. The van der Waals surface area contributed by atoms with Crippen LogP contribution in [0.3, 0.4) is 0 Å². The van der Waals surface area contributed by atoms with Crippen molar-refractivity contribution in [3.63, 3.8) is 0 Å². The topological polar surface area (TPSA) is 109 Å². The monoisotopic (exact) mass is 605 g/mol. The number of carbonyl (C=O) groups excluding carboxylic acids is 1. The van der Waals surface area contributed by atoms with Gasteiger partial charge in [-0.3, -0.25) is 9.55 Å². The van der Waals surface area contributed by atoms with Gasteiger partial charge >= 0.3 is 6.09 Å². The van der Waals surface area contributed by atoms with Gasteiger partial charge in [0, 0.05) is 46.0 Å². The quantitative estimate of drug-likeness (QED) is 0.209. The van der Waals surface area contributed by atoms with Gasteiger partial charge in [-0.1, -0.05) is 33.5 Å². The van der Waals surface area contributed by atoms with Crippen LogP contribution in [0.2, 0.25) is 25.7 Å². The summed E-state index contributed by atoms with van der Waals surface area (Å²) in [6.45, 7) is 17.2. The molecule has 232 valence electrons. The van der Waals surface area contributed by atoms with E-state index in [0.717, 1.165) is 6.04 Å². The first-order valence-electron chi connectivity index (χ1n) is 14.7. The van der Waals surface area contributed by atoms with Crippen molar-refractivity contribution in [2.24, 2.45) is 5.92 Å². The largest absolute Gasteiger partial charge is 0.444 e. The summed E-state index contributed by atoms with van der Waals surface area (Å²) in [5.74, 6) is -1.48. The smallest absolute Gasteiger partial charge is 0.407 e. The van der Waals surface area contributed by atoms with Crippen LogP contribution in [0.25, 0.3) is 22.6 Å². The summed E-state index contributed by atoms with van der Waals surface area (Å²) in [4.78, 5) is 21.9. The SMILES string of the molecule is CC(C)Cc1nc2cnc(-c3nncn3COCC[Si](C)(C)C)cc2n1C1CC(NC(=O)OC(C)(C)C)CC(F)(F)C1. The van der Waals surface area contributed by atoms with Crippen LogP contribution < -0.4 is 5.32 Å². The predicted octanol–water partition coefficient (Wildman–Crippen LogP) is 6.45. The van der Waals surface area contributed by atoms with Crippen molar-refractivity contribution < 1.29 is 23.0 Å². The van der Waals surface area contributed by atoms with E-state index in [-0.39, 0.29) is 19.1 Å². The number of rotatable bonds is 10. The minimum Gasteiger partial charge on any atom is -0.444 e. The van der Waals surface area contributed by atoms with Crippen molar-refractivity contribution >= 4 is 25.2 Å². The van der Waals surface area contributed by atoms with E-state index in [2.05, 4.69) is 54.0 Å². The van der Waals surface area contributed by atoms with E-state index in [1.54, 1.807) is 37.9 Å². The van der Waals surface area contributed by atoms with Gasteiger partial charge in [0.1, 0.15) is 35.7 Å². The van der Waals surface area contributed by atoms with E-state index >= 15 is 8.78 Å². The van der Waals surface area contributed by atoms with Gasteiger partial charge in [0.05, 0.1) is 11.7 Å². The Kier molecular flexibility index (Phi) is 9.41. The molecule has 3 aromatic rings. The molecule has 3 aromatic heterocycles. The number of hydrogen-bond donors (Lipinski definition) is 1. The lowest BCUT2D eigenvalue weighted by molar-refractivity contribution is -0.0605. The minimum atomic E-state index is -2.97. The number of fused-ring (bicyclic) bond motifs is 1. The van der Waals surface area contributed by atoms with Gasteiger partial charge < -0.3 is 19.4 Å². The number of imidazole rings is 1. The minimum absolute atomic E-state index is 0.254. The Morgan fingerprint density at radius 1 is 1.24 bits per heavy atom. The third-order valence-electron chi connectivity index (χ3n) is 7.03. The van der Waals surface area contributed by atoms with E-state index < -0.39 is 44.2 Å². The van der Waals surface area contributed by atoms with Crippen LogP contribution in [0.15, 0.2) is 18.6 Å². The van der Waals surface area contributed by atoms with E-state index in [4.69, 9.17) is 14.5 Å². The fourth-order valence-corrected chi connectivity index (χ4v) is 6.00. The highest BCUT2D eigenvalue weighted by Gasteiger charge is 2.44. The zero-order valence-electron chi connectivity index (χ0n) is 26.1. The van der Waals surface area contributed by atoms with Crippen LogP contribution in [0, 0.1) is 5.92 Å². The zero-order chi connectivity index (χ0) is 30.9. The number of alkyl carbamates (subject to hydrolysis) is 1. The number of nitrogens with zero attached hydrogens (tertiary/aromatic N) is 6. The molecule has 1 saturated carbocycles. The van der Waals surface area contributed by atoms with Crippen LogP contribution in [0.1, 0.15) is 65.7 Å². The number of alkyl halides is 2. The third-order valence-corrected chi connectivity index (χ3v) is 8.74. The fraction of sp³-hybridized carbons (Fsp3) is 0.690. The normalized spacial score (nSPS) is 19.4. The lowest BCUT2D eigenvalue weighted by Gasteiger charge is -2.37. The third kappa shape index (κ3) is 8.56. The number of nitrogens with one attached hydrogen (secondary N) is 1. The summed E-state index contributed by atoms with van der Waals surface area (Å²) in [5, 5.41) is 11.0. The first kappa shape index (κ1) is 32.0. The van der Waals surface area contributed by atoms with Gasteiger partial charge in [-0.25, -0.2) is 18.6 Å². The van der Waals surface area contributed by atoms with E-state index in [1.807, 2.05) is 10.6 Å². The molecular weight excluding hydrogens is 560 g/mol. The second-order valence-electron chi connectivity index (χ2n) is 14.0. The lowest BCUT2D eigenvalue weighted by Crippen LogP contribution is -2.47. The number of carbonyl (C=O) groups is 1. The second-order valence-corrected chi connectivity index (χ2v) is 19.6. The average molecular weight is 606 g/mol. The van der Waals surface area contributed by atoms with Crippen molar-refractivity contribution in [2.75, 3.05) is 6.61 Å². The lowest BCUT2D eigenvalue weighted by atomic mass is 9.87. The molecule has 1 fully saturated rings. The Morgan fingerprint density at radius 3 is 2.64 bits per heavy atom. The molecule has 2 unspecified atom stereocenters. The molecule has 0 spiro atoms. The number of ether oxygens (including phenoxy) is 2. The van der Waals surface area contributed by atoms with Crippen molar-refractivity contribution in [3.05, 3.63) is 24.4 Å². The van der Waals surface area contributed by atoms with Crippen molar-refractivity contribution in [1.82, 2.24) is 34.6 Å². The van der Waals surface area contributed by atoms with Gasteiger partial charge in [-0.2, -0.15) is 0 Å². The van der Waals surface area contributed by atoms with Gasteiger partial charge in [-0.15, -0.1) is 10.2 Å². The van der Waals surface area contributed by atoms with Crippen molar-refractivity contribution in [2.45, 2.75) is 116 Å². The average Bonchev–Trinajstić information content (AvgIpc) is 3.42. The maximum Gasteiger partial charge on any atom is 0.407 e. The highest BCUT2D eigenvalue weighted by atomic mass is 28.3. The fourth-order valence-electron chi connectivity index (χ4n) is 5.24. The first-order chi connectivity index (χ1) is 19.5. The molecule has 1 N–H and O–H groups in total. The summed E-state index contributed by atoms with van der Waals surface area (Å²) in [7, 11) is -1.23. The summed E-state index contributed by atoms with van der Waals surface area (Å²) < 4.78 is 45.4. The predicted molar refractivity (Wildman–Crippen MR) is 160 cm³/mol. The highest BCUT2D eigenvalue weighted by Crippen LogP contribution is 2.42. The number of amides is 1. The zero-order valence-corrected chi connectivity index (χ0v) is 27.1. The molecule has 3 heterocycles. The Balaban J connectivity index is 1.66. The maximum atomic E-state index is 15.2. The molecular formula is C29H45F2N7O3Si. The van der Waals surface area contributed by atoms with E-state index in [9.17, 15) is 4.79 Å². The van der Waals surface area contributed by atoms with Crippen LogP contribution in [-0.4, -0.2) is 67.6 Å². The van der Waals surface area contributed by atoms with Gasteiger partial charge in [0.2, 0.25) is 0 Å². The molecule has 0 radical (unpaired) electrons. The molecule has 2 atom stereocenters. The maximum absolute atomic E-state index is 15.2. The molecule has 0 bridgehead atoms. The Hall–Kier alpha value is -2.93. The number of aromatic nitrogens is 6. The summed E-state index contributed by atoms with van der Waals surface area (Å²) >= 11 is 0. The molecule has 10 nitrogen and oxygen atoms in total. The van der Waals surface area contributed by atoms with Crippen LogP contribution >= 0.6 is 0 Å². The van der Waals surface area contributed by atoms with Gasteiger partial charge in [0.25, 0.3) is 5.92 Å². The highest BCUT2D eigenvalue weighted by molar-refractivity contribution is 6.76. The number of pyridine rings is 1. The summed E-state index contributed by atoms with van der Waals surface area (Å²) in [5.41, 5.74) is 1.15.